The van der Waals surface area contributed by atoms with Crippen LogP contribution in [0.25, 0.3) is 0 Å². The van der Waals surface area contributed by atoms with Crippen molar-refractivity contribution in [1.29, 1.82) is 0 Å². The van der Waals surface area contributed by atoms with E-state index in [0.717, 1.165) is 23.3 Å². The minimum Gasteiger partial charge on any atom is -0.494 e. The predicted molar refractivity (Wildman–Crippen MR) is 77.3 cm³/mol. The fraction of sp³-hybridized carbons (Fsp3) is 0.312. The van der Waals surface area contributed by atoms with Gasteiger partial charge in [0.15, 0.2) is 0 Å². The SMILES string of the molecule is CCCOc1cccc(C(NC)c2cncc(F)c2)c1. The Morgan fingerprint density at radius 1 is 1.25 bits per heavy atom. The van der Waals surface area contributed by atoms with Gasteiger partial charge in [-0.25, -0.2) is 4.39 Å². The Morgan fingerprint density at radius 3 is 2.80 bits per heavy atom. The van der Waals surface area contributed by atoms with E-state index in [2.05, 4.69) is 17.2 Å². The van der Waals surface area contributed by atoms with Crippen LogP contribution in [0.2, 0.25) is 0 Å². The summed E-state index contributed by atoms with van der Waals surface area (Å²) in [6.45, 7) is 2.76. The largest absolute Gasteiger partial charge is 0.494 e. The fourth-order valence-electron chi connectivity index (χ4n) is 2.12. The first-order valence-corrected chi connectivity index (χ1v) is 6.75. The molecule has 1 aromatic carbocycles. The van der Waals surface area contributed by atoms with E-state index in [4.69, 9.17) is 4.74 Å². The van der Waals surface area contributed by atoms with Crippen molar-refractivity contribution in [1.82, 2.24) is 10.3 Å². The Balaban J connectivity index is 2.27. The molecule has 0 saturated carbocycles. The molecule has 0 amide bonds. The summed E-state index contributed by atoms with van der Waals surface area (Å²) in [6, 6.07) is 9.22. The zero-order chi connectivity index (χ0) is 14.4. The Morgan fingerprint density at radius 2 is 2.10 bits per heavy atom. The Labute approximate surface area is 118 Å². The molecule has 4 heteroatoms. The van der Waals surface area contributed by atoms with Crippen LogP contribution in [0.5, 0.6) is 5.75 Å². The summed E-state index contributed by atoms with van der Waals surface area (Å²) in [7, 11) is 1.84. The highest BCUT2D eigenvalue weighted by Crippen LogP contribution is 2.25. The number of pyridine rings is 1. The van der Waals surface area contributed by atoms with Crippen molar-refractivity contribution in [3.63, 3.8) is 0 Å². The minimum absolute atomic E-state index is 0.108. The summed E-state index contributed by atoms with van der Waals surface area (Å²) >= 11 is 0. The van der Waals surface area contributed by atoms with E-state index in [1.54, 1.807) is 6.20 Å². The molecule has 3 nitrogen and oxygen atoms in total. The zero-order valence-corrected chi connectivity index (χ0v) is 11.8. The molecule has 0 fully saturated rings. The Bertz CT molecular complexity index is 560. The Hall–Kier alpha value is -1.94. The van der Waals surface area contributed by atoms with Crippen LogP contribution in [-0.4, -0.2) is 18.6 Å². The van der Waals surface area contributed by atoms with Gasteiger partial charge in [-0.05, 0) is 42.8 Å². The molecule has 0 aliphatic rings. The lowest BCUT2D eigenvalue weighted by molar-refractivity contribution is 0.317. The maximum Gasteiger partial charge on any atom is 0.141 e. The van der Waals surface area contributed by atoms with Crippen molar-refractivity contribution in [2.45, 2.75) is 19.4 Å². The standard InChI is InChI=1S/C16H19FN2O/c1-3-7-20-15-6-4-5-12(9-15)16(18-2)13-8-14(17)11-19-10-13/h4-6,8-11,16,18H,3,7H2,1-2H3. The van der Waals surface area contributed by atoms with E-state index in [0.29, 0.717) is 6.61 Å². The van der Waals surface area contributed by atoms with E-state index >= 15 is 0 Å². The smallest absolute Gasteiger partial charge is 0.141 e. The molecule has 1 N–H and O–H groups in total. The van der Waals surface area contributed by atoms with Crippen LogP contribution in [0.1, 0.15) is 30.5 Å². The molecule has 0 spiro atoms. The lowest BCUT2D eigenvalue weighted by Crippen LogP contribution is -2.18. The Kier molecular flexibility index (Phi) is 5.07. The van der Waals surface area contributed by atoms with Crippen LogP contribution in [0.4, 0.5) is 4.39 Å². The highest BCUT2D eigenvalue weighted by Gasteiger charge is 2.13. The van der Waals surface area contributed by atoms with Crippen molar-refractivity contribution in [2.24, 2.45) is 0 Å². The number of aromatic nitrogens is 1. The first-order chi connectivity index (χ1) is 9.74. The molecule has 0 radical (unpaired) electrons. The zero-order valence-electron chi connectivity index (χ0n) is 11.8. The summed E-state index contributed by atoms with van der Waals surface area (Å²) in [5, 5.41) is 3.18. The van der Waals surface area contributed by atoms with Gasteiger partial charge < -0.3 is 10.1 Å². The molecule has 1 heterocycles. The highest BCUT2D eigenvalue weighted by atomic mass is 19.1. The van der Waals surface area contributed by atoms with Gasteiger partial charge in [-0.2, -0.15) is 0 Å². The number of rotatable bonds is 6. The van der Waals surface area contributed by atoms with Crippen molar-refractivity contribution < 1.29 is 9.13 Å². The number of nitrogens with zero attached hydrogens (tertiary/aromatic N) is 1. The average Bonchev–Trinajstić information content (AvgIpc) is 2.46. The van der Waals surface area contributed by atoms with E-state index in [1.165, 1.54) is 12.3 Å². The van der Waals surface area contributed by atoms with Crippen LogP contribution in [0.3, 0.4) is 0 Å². The van der Waals surface area contributed by atoms with Crippen LogP contribution < -0.4 is 10.1 Å². The van der Waals surface area contributed by atoms with Gasteiger partial charge in [0.05, 0.1) is 18.8 Å². The summed E-state index contributed by atoms with van der Waals surface area (Å²) in [6.07, 6.45) is 3.84. The van der Waals surface area contributed by atoms with E-state index in [-0.39, 0.29) is 11.9 Å². The molecule has 0 aliphatic carbocycles. The van der Waals surface area contributed by atoms with E-state index in [1.807, 2.05) is 31.3 Å². The van der Waals surface area contributed by atoms with Crippen molar-refractivity contribution >= 4 is 0 Å². The molecule has 0 bridgehead atoms. The average molecular weight is 274 g/mol. The lowest BCUT2D eigenvalue weighted by Gasteiger charge is -2.18. The second-order valence-electron chi connectivity index (χ2n) is 4.58. The van der Waals surface area contributed by atoms with Gasteiger partial charge in [0, 0.05) is 6.20 Å². The topological polar surface area (TPSA) is 34.1 Å². The lowest BCUT2D eigenvalue weighted by atomic mass is 10.00. The van der Waals surface area contributed by atoms with Crippen LogP contribution in [-0.2, 0) is 0 Å². The maximum atomic E-state index is 13.3. The van der Waals surface area contributed by atoms with Gasteiger partial charge in [-0.1, -0.05) is 19.1 Å². The second-order valence-corrected chi connectivity index (χ2v) is 4.58. The van der Waals surface area contributed by atoms with Gasteiger partial charge in [0.2, 0.25) is 0 Å². The molecule has 106 valence electrons. The third kappa shape index (κ3) is 3.54. The molecule has 20 heavy (non-hydrogen) atoms. The monoisotopic (exact) mass is 274 g/mol. The molecule has 0 saturated heterocycles. The van der Waals surface area contributed by atoms with Gasteiger partial charge in [0.25, 0.3) is 0 Å². The number of hydrogen-bond donors (Lipinski definition) is 1. The molecule has 1 aromatic heterocycles. The molecule has 1 atom stereocenters. The van der Waals surface area contributed by atoms with Crippen molar-refractivity contribution in [3.8, 4) is 5.75 Å². The van der Waals surface area contributed by atoms with E-state index < -0.39 is 0 Å². The summed E-state index contributed by atoms with van der Waals surface area (Å²) in [5.41, 5.74) is 1.81. The number of ether oxygens (including phenoxy) is 1. The van der Waals surface area contributed by atoms with Crippen LogP contribution in [0, 0.1) is 5.82 Å². The third-order valence-electron chi connectivity index (χ3n) is 3.01. The number of nitrogens with one attached hydrogen (secondary N) is 1. The third-order valence-corrected chi connectivity index (χ3v) is 3.01. The maximum absolute atomic E-state index is 13.3. The molecular formula is C16H19FN2O. The highest BCUT2D eigenvalue weighted by molar-refractivity contribution is 5.36. The van der Waals surface area contributed by atoms with Crippen molar-refractivity contribution in [3.05, 3.63) is 59.7 Å². The molecule has 1 unspecified atom stereocenters. The molecule has 0 aliphatic heterocycles. The van der Waals surface area contributed by atoms with Crippen molar-refractivity contribution in [2.75, 3.05) is 13.7 Å². The second kappa shape index (κ2) is 7.01. The van der Waals surface area contributed by atoms with Crippen LogP contribution >= 0.6 is 0 Å². The summed E-state index contributed by atoms with van der Waals surface area (Å²) in [5.74, 6) is 0.495. The quantitative estimate of drug-likeness (QED) is 0.877. The van der Waals surface area contributed by atoms with E-state index in [9.17, 15) is 4.39 Å². The first kappa shape index (κ1) is 14.5. The fourth-order valence-corrected chi connectivity index (χ4v) is 2.12. The normalized spacial score (nSPS) is 12.2. The van der Waals surface area contributed by atoms with Gasteiger partial charge >= 0.3 is 0 Å². The van der Waals surface area contributed by atoms with Gasteiger partial charge in [-0.15, -0.1) is 0 Å². The van der Waals surface area contributed by atoms with Crippen LogP contribution in [0.15, 0.2) is 42.7 Å². The minimum atomic E-state index is -0.332. The summed E-state index contributed by atoms with van der Waals surface area (Å²) in [4.78, 5) is 3.90. The summed E-state index contributed by atoms with van der Waals surface area (Å²) < 4.78 is 18.9. The van der Waals surface area contributed by atoms with Gasteiger partial charge in [-0.3, -0.25) is 4.98 Å². The van der Waals surface area contributed by atoms with Gasteiger partial charge in [0.1, 0.15) is 11.6 Å². The predicted octanol–water partition coefficient (Wildman–Crippen LogP) is 3.32. The molecular weight excluding hydrogens is 255 g/mol. The number of halogens is 1. The first-order valence-electron chi connectivity index (χ1n) is 6.75. The number of hydrogen-bond acceptors (Lipinski definition) is 3. The molecule has 2 rings (SSSR count). The number of benzene rings is 1. The molecule has 2 aromatic rings.